The molecule has 1 rings (SSSR count). The molecule has 0 atom stereocenters. The van der Waals surface area contributed by atoms with Crippen LogP contribution in [0.3, 0.4) is 0 Å². The van der Waals surface area contributed by atoms with E-state index in [4.69, 9.17) is 9.88 Å². The van der Waals surface area contributed by atoms with Crippen LogP contribution < -0.4 is 5.14 Å². The predicted octanol–water partition coefficient (Wildman–Crippen LogP) is 0.0854. The maximum absolute atomic E-state index is 11.3. The van der Waals surface area contributed by atoms with Crippen LogP contribution >= 0.6 is 0 Å². The van der Waals surface area contributed by atoms with E-state index in [1.807, 2.05) is 13.8 Å². The molecule has 0 aliphatic rings. The number of primary sulfonamides is 1. The highest BCUT2D eigenvalue weighted by molar-refractivity contribution is 7.89. The first kappa shape index (κ1) is 14.1. The average molecular weight is 262 g/mol. The largest absolute Gasteiger partial charge is 0.385 e. The van der Waals surface area contributed by atoms with Gasteiger partial charge >= 0.3 is 0 Å². The number of aryl methyl sites for hydroxylation is 1. The molecule has 0 aliphatic carbocycles. The first-order valence-electron chi connectivity index (χ1n) is 5.33. The number of ether oxygens (including phenoxy) is 1. The fourth-order valence-corrected chi connectivity index (χ4v) is 2.31. The van der Waals surface area contributed by atoms with Gasteiger partial charge in [0, 0.05) is 26.2 Å². The van der Waals surface area contributed by atoms with Gasteiger partial charge < -0.3 is 4.74 Å². The van der Waals surface area contributed by atoms with Crippen LogP contribution in [0, 0.1) is 0 Å². The second-order valence-electron chi connectivity index (χ2n) is 4.00. The number of methoxy groups -OCH3 is 1. The molecule has 0 aliphatic heterocycles. The van der Waals surface area contributed by atoms with Gasteiger partial charge in [0.1, 0.15) is 5.82 Å². The molecule has 0 fully saturated rings. The summed E-state index contributed by atoms with van der Waals surface area (Å²) in [7, 11) is -2.22. The van der Waals surface area contributed by atoms with Crippen molar-refractivity contribution in [2.45, 2.75) is 37.9 Å². The Bertz CT molecular complexity index is 467. The lowest BCUT2D eigenvalue weighted by molar-refractivity contribution is 0.194. The van der Waals surface area contributed by atoms with Crippen LogP contribution in [0.2, 0.25) is 0 Å². The molecular formula is C9H18N4O3S. The zero-order valence-corrected chi connectivity index (χ0v) is 11.1. The summed E-state index contributed by atoms with van der Waals surface area (Å²) in [5, 5.41) is 12.4. The average Bonchev–Trinajstić information content (AvgIpc) is 2.61. The Labute approximate surface area is 101 Å². The predicted molar refractivity (Wildman–Crippen MR) is 62.0 cm³/mol. The molecule has 0 saturated carbocycles. The molecule has 98 valence electrons. The minimum absolute atomic E-state index is 0.0594. The fourth-order valence-electron chi connectivity index (χ4n) is 1.57. The molecule has 1 aromatic rings. The summed E-state index contributed by atoms with van der Waals surface area (Å²) in [6.07, 6.45) is 1.36. The van der Waals surface area contributed by atoms with Gasteiger partial charge in [0.05, 0.1) is 0 Å². The van der Waals surface area contributed by atoms with Gasteiger partial charge in [0.25, 0.3) is 15.2 Å². The highest BCUT2D eigenvalue weighted by atomic mass is 32.2. The van der Waals surface area contributed by atoms with E-state index in [2.05, 4.69) is 10.2 Å². The molecule has 1 heterocycles. The molecule has 0 unspecified atom stereocenters. The Balaban J connectivity index is 3.03. The summed E-state index contributed by atoms with van der Waals surface area (Å²) in [6, 6.07) is -0.0594. The SMILES string of the molecule is COCCCc1nnc(S(N)(=O)=O)n1C(C)C. The number of hydrogen-bond donors (Lipinski definition) is 1. The highest BCUT2D eigenvalue weighted by Gasteiger charge is 2.22. The van der Waals surface area contributed by atoms with Gasteiger partial charge in [-0.2, -0.15) is 0 Å². The van der Waals surface area contributed by atoms with Crippen molar-refractivity contribution in [2.75, 3.05) is 13.7 Å². The molecule has 0 bridgehead atoms. The standard InChI is InChI=1S/C9H18N4O3S/c1-7(2)13-8(5-4-6-16-3)11-12-9(13)17(10,14)15/h7H,4-6H2,1-3H3,(H2,10,14,15). The first-order chi connectivity index (χ1) is 7.88. The molecular weight excluding hydrogens is 244 g/mol. The molecule has 8 heteroatoms. The van der Waals surface area contributed by atoms with Crippen LogP contribution in [0.4, 0.5) is 0 Å². The van der Waals surface area contributed by atoms with E-state index in [9.17, 15) is 8.42 Å². The van der Waals surface area contributed by atoms with Gasteiger partial charge in [-0.25, -0.2) is 13.6 Å². The maximum atomic E-state index is 11.3. The third-order valence-corrected chi connectivity index (χ3v) is 3.04. The van der Waals surface area contributed by atoms with Crippen LogP contribution in [-0.2, 0) is 21.2 Å². The quantitative estimate of drug-likeness (QED) is 0.732. The molecule has 7 nitrogen and oxygen atoms in total. The van der Waals surface area contributed by atoms with Crippen molar-refractivity contribution < 1.29 is 13.2 Å². The monoisotopic (exact) mass is 262 g/mol. The van der Waals surface area contributed by atoms with Crippen molar-refractivity contribution >= 4 is 10.0 Å². The third kappa shape index (κ3) is 3.48. The Morgan fingerprint density at radius 3 is 2.53 bits per heavy atom. The number of sulfonamides is 1. The normalized spacial score (nSPS) is 12.3. The van der Waals surface area contributed by atoms with Gasteiger partial charge in [-0.05, 0) is 20.3 Å². The summed E-state index contributed by atoms with van der Waals surface area (Å²) in [4.78, 5) is 0. The van der Waals surface area contributed by atoms with Crippen LogP contribution in [0.15, 0.2) is 5.16 Å². The third-order valence-electron chi connectivity index (χ3n) is 2.25. The van der Waals surface area contributed by atoms with Crippen molar-refractivity contribution in [1.29, 1.82) is 0 Å². The lowest BCUT2D eigenvalue weighted by atomic mass is 10.3. The minimum Gasteiger partial charge on any atom is -0.385 e. The Kier molecular flexibility index (Phi) is 4.61. The molecule has 2 N–H and O–H groups in total. The van der Waals surface area contributed by atoms with Crippen molar-refractivity contribution in [3.63, 3.8) is 0 Å². The second kappa shape index (κ2) is 5.56. The van der Waals surface area contributed by atoms with Gasteiger partial charge in [-0.3, -0.25) is 4.57 Å². The van der Waals surface area contributed by atoms with E-state index in [1.54, 1.807) is 11.7 Å². The summed E-state index contributed by atoms with van der Waals surface area (Å²) < 4.78 is 29.1. The fraction of sp³-hybridized carbons (Fsp3) is 0.778. The number of hydrogen-bond acceptors (Lipinski definition) is 5. The van der Waals surface area contributed by atoms with Crippen molar-refractivity contribution in [3.8, 4) is 0 Å². The zero-order chi connectivity index (χ0) is 13.1. The molecule has 1 aromatic heterocycles. The Hall–Kier alpha value is -0.990. The molecule has 0 saturated heterocycles. The molecule has 0 amide bonds. The Morgan fingerprint density at radius 2 is 2.06 bits per heavy atom. The zero-order valence-electron chi connectivity index (χ0n) is 10.3. The van der Waals surface area contributed by atoms with E-state index in [-0.39, 0.29) is 11.2 Å². The molecule has 0 aromatic carbocycles. The molecule has 0 spiro atoms. The molecule has 0 radical (unpaired) electrons. The van der Waals surface area contributed by atoms with Crippen molar-refractivity contribution in [2.24, 2.45) is 5.14 Å². The van der Waals surface area contributed by atoms with Crippen molar-refractivity contribution in [3.05, 3.63) is 5.82 Å². The Morgan fingerprint density at radius 1 is 1.41 bits per heavy atom. The minimum atomic E-state index is -3.83. The van der Waals surface area contributed by atoms with Gasteiger partial charge in [0.15, 0.2) is 0 Å². The number of aromatic nitrogens is 3. The van der Waals surface area contributed by atoms with E-state index >= 15 is 0 Å². The van der Waals surface area contributed by atoms with E-state index < -0.39 is 10.0 Å². The highest BCUT2D eigenvalue weighted by Crippen LogP contribution is 2.15. The smallest absolute Gasteiger partial charge is 0.273 e. The lowest BCUT2D eigenvalue weighted by Crippen LogP contribution is -2.20. The van der Waals surface area contributed by atoms with E-state index in [0.29, 0.717) is 18.9 Å². The summed E-state index contributed by atoms with van der Waals surface area (Å²) in [5.74, 6) is 0.612. The van der Waals surface area contributed by atoms with Gasteiger partial charge in [0.2, 0.25) is 0 Å². The summed E-state index contributed by atoms with van der Waals surface area (Å²) >= 11 is 0. The molecule has 17 heavy (non-hydrogen) atoms. The van der Waals surface area contributed by atoms with Crippen molar-refractivity contribution in [1.82, 2.24) is 14.8 Å². The number of nitrogens with two attached hydrogens (primary N) is 1. The maximum Gasteiger partial charge on any atom is 0.273 e. The summed E-state index contributed by atoms with van der Waals surface area (Å²) in [6.45, 7) is 4.31. The van der Waals surface area contributed by atoms with Gasteiger partial charge in [-0.15, -0.1) is 10.2 Å². The van der Waals surface area contributed by atoms with E-state index in [0.717, 1.165) is 6.42 Å². The number of nitrogens with zero attached hydrogens (tertiary/aromatic N) is 3. The van der Waals surface area contributed by atoms with Crippen LogP contribution in [-0.4, -0.2) is 36.9 Å². The van der Waals surface area contributed by atoms with Gasteiger partial charge in [-0.1, -0.05) is 0 Å². The van der Waals surface area contributed by atoms with E-state index in [1.165, 1.54) is 0 Å². The van der Waals surface area contributed by atoms with Crippen LogP contribution in [0.5, 0.6) is 0 Å². The van der Waals surface area contributed by atoms with Crippen LogP contribution in [0.25, 0.3) is 0 Å². The number of rotatable bonds is 6. The first-order valence-corrected chi connectivity index (χ1v) is 6.88. The topological polar surface area (TPSA) is 100 Å². The lowest BCUT2D eigenvalue weighted by Gasteiger charge is -2.12. The van der Waals surface area contributed by atoms with Crippen LogP contribution in [0.1, 0.15) is 32.1 Å². The second-order valence-corrected chi connectivity index (χ2v) is 5.46. The summed E-state index contributed by atoms with van der Waals surface area (Å²) in [5.41, 5.74) is 0.